The van der Waals surface area contributed by atoms with Crippen LogP contribution in [0.1, 0.15) is 19.0 Å². The first-order chi connectivity index (χ1) is 10.9. The molecule has 0 saturated carbocycles. The Hall–Kier alpha value is -1.37. The standard InChI is InChI=1S/C16H19ClN2O3S/c1-12-5-7-23(20,21)8-6-19(12)10-15-11-22-16(18-15)13-3-2-4-14(17)9-13/h2-4,9,11-12H,5-8,10H2,1H3. The lowest BCUT2D eigenvalue weighted by atomic mass is 10.2. The van der Waals surface area contributed by atoms with E-state index < -0.39 is 9.84 Å². The van der Waals surface area contributed by atoms with Crippen LogP contribution in [0, 0.1) is 0 Å². The van der Waals surface area contributed by atoms with Gasteiger partial charge < -0.3 is 4.42 Å². The summed E-state index contributed by atoms with van der Waals surface area (Å²) in [7, 11) is -2.92. The minimum absolute atomic E-state index is 0.205. The molecule has 1 atom stereocenters. The summed E-state index contributed by atoms with van der Waals surface area (Å²) < 4.78 is 29.1. The maximum Gasteiger partial charge on any atom is 0.226 e. The number of sulfone groups is 1. The van der Waals surface area contributed by atoms with Crippen molar-refractivity contribution in [2.75, 3.05) is 18.1 Å². The molecule has 1 aromatic heterocycles. The highest BCUT2D eigenvalue weighted by atomic mass is 35.5. The Morgan fingerprint density at radius 1 is 1.39 bits per heavy atom. The lowest BCUT2D eigenvalue weighted by molar-refractivity contribution is 0.210. The van der Waals surface area contributed by atoms with Crippen LogP contribution in [-0.2, 0) is 16.4 Å². The summed E-state index contributed by atoms with van der Waals surface area (Å²) in [5.74, 6) is 0.991. The van der Waals surface area contributed by atoms with Crippen molar-refractivity contribution in [2.45, 2.75) is 25.9 Å². The summed E-state index contributed by atoms with van der Waals surface area (Å²) in [6.45, 7) is 3.17. The minimum atomic E-state index is -2.92. The molecule has 0 radical (unpaired) electrons. The number of rotatable bonds is 3. The third-order valence-corrected chi connectivity index (χ3v) is 6.05. The van der Waals surface area contributed by atoms with Crippen LogP contribution in [0.25, 0.3) is 11.5 Å². The predicted octanol–water partition coefficient (Wildman–Crippen LogP) is 3.00. The average Bonchev–Trinajstić information content (AvgIpc) is 2.93. The molecule has 2 aromatic rings. The highest BCUT2D eigenvalue weighted by molar-refractivity contribution is 7.91. The molecule has 124 valence electrons. The largest absolute Gasteiger partial charge is 0.444 e. The van der Waals surface area contributed by atoms with Gasteiger partial charge in [0.2, 0.25) is 5.89 Å². The summed E-state index contributed by atoms with van der Waals surface area (Å²) >= 11 is 5.99. The quantitative estimate of drug-likeness (QED) is 0.847. The molecule has 1 aromatic carbocycles. The normalized spacial score (nSPS) is 21.9. The Balaban J connectivity index is 1.74. The van der Waals surface area contributed by atoms with E-state index in [4.69, 9.17) is 16.0 Å². The zero-order valence-corrected chi connectivity index (χ0v) is 14.5. The van der Waals surface area contributed by atoms with E-state index in [0.29, 0.717) is 30.4 Å². The molecule has 5 nitrogen and oxygen atoms in total. The van der Waals surface area contributed by atoms with E-state index in [0.717, 1.165) is 11.3 Å². The molecule has 7 heteroatoms. The van der Waals surface area contributed by atoms with E-state index in [1.165, 1.54) is 0 Å². The summed E-state index contributed by atoms with van der Waals surface area (Å²) in [5, 5.41) is 0.633. The van der Waals surface area contributed by atoms with E-state index in [9.17, 15) is 8.42 Å². The molecule has 1 fully saturated rings. The van der Waals surface area contributed by atoms with Crippen LogP contribution in [0.15, 0.2) is 34.9 Å². The lowest BCUT2D eigenvalue weighted by Gasteiger charge is -2.24. The van der Waals surface area contributed by atoms with Gasteiger partial charge in [0.1, 0.15) is 6.26 Å². The monoisotopic (exact) mass is 354 g/mol. The van der Waals surface area contributed by atoms with E-state index in [-0.39, 0.29) is 17.5 Å². The average molecular weight is 355 g/mol. The van der Waals surface area contributed by atoms with Gasteiger partial charge in [0, 0.05) is 29.7 Å². The molecule has 1 saturated heterocycles. The van der Waals surface area contributed by atoms with Crippen molar-refractivity contribution in [3.05, 3.63) is 41.2 Å². The second-order valence-electron chi connectivity index (χ2n) is 5.91. The van der Waals surface area contributed by atoms with Crippen LogP contribution >= 0.6 is 11.6 Å². The summed E-state index contributed by atoms with van der Waals surface area (Å²) in [6.07, 6.45) is 2.28. The molecule has 0 spiro atoms. The zero-order chi connectivity index (χ0) is 16.4. The minimum Gasteiger partial charge on any atom is -0.444 e. The predicted molar refractivity (Wildman–Crippen MR) is 90.1 cm³/mol. The Labute approximate surface area is 141 Å². The van der Waals surface area contributed by atoms with Gasteiger partial charge >= 0.3 is 0 Å². The van der Waals surface area contributed by atoms with Gasteiger partial charge in [-0.2, -0.15) is 0 Å². The van der Waals surface area contributed by atoms with Gasteiger partial charge in [-0.3, -0.25) is 4.90 Å². The molecule has 3 rings (SSSR count). The van der Waals surface area contributed by atoms with Gasteiger partial charge in [0.15, 0.2) is 9.84 Å². The fourth-order valence-corrected chi connectivity index (χ4v) is 4.30. The third-order valence-electron chi connectivity index (χ3n) is 4.15. The molecule has 0 amide bonds. The first-order valence-electron chi connectivity index (χ1n) is 7.58. The first-order valence-corrected chi connectivity index (χ1v) is 9.78. The lowest BCUT2D eigenvalue weighted by Crippen LogP contribution is -2.33. The van der Waals surface area contributed by atoms with Crippen molar-refractivity contribution in [2.24, 2.45) is 0 Å². The van der Waals surface area contributed by atoms with Crippen molar-refractivity contribution in [3.63, 3.8) is 0 Å². The number of halogens is 1. The smallest absolute Gasteiger partial charge is 0.226 e. The second-order valence-corrected chi connectivity index (χ2v) is 8.65. The van der Waals surface area contributed by atoms with Crippen LogP contribution < -0.4 is 0 Å². The first kappa shape index (κ1) is 16.5. The number of nitrogens with zero attached hydrogens (tertiary/aromatic N) is 2. The number of aromatic nitrogens is 1. The van der Waals surface area contributed by atoms with Crippen LogP contribution in [0.2, 0.25) is 5.02 Å². The van der Waals surface area contributed by atoms with Gasteiger partial charge in [-0.15, -0.1) is 0 Å². The summed E-state index contributed by atoms with van der Waals surface area (Å²) in [5.41, 5.74) is 1.63. The van der Waals surface area contributed by atoms with Gasteiger partial charge in [-0.25, -0.2) is 13.4 Å². The Bertz CT molecular complexity index is 788. The number of oxazole rings is 1. The Kier molecular flexibility index (Phi) is 4.75. The van der Waals surface area contributed by atoms with Crippen molar-refractivity contribution in [3.8, 4) is 11.5 Å². The van der Waals surface area contributed by atoms with E-state index in [1.807, 2.05) is 12.1 Å². The molecule has 1 aliphatic rings. The van der Waals surface area contributed by atoms with E-state index in [2.05, 4.69) is 16.8 Å². The fraction of sp³-hybridized carbons (Fsp3) is 0.438. The van der Waals surface area contributed by atoms with E-state index in [1.54, 1.807) is 18.4 Å². The van der Waals surface area contributed by atoms with Gasteiger partial charge in [0.05, 0.1) is 17.2 Å². The second kappa shape index (κ2) is 6.63. The topological polar surface area (TPSA) is 63.4 Å². The molecule has 23 heavy (non-hydrogen) atoms. The Morgan fingerprint density at radius 3 is 3.00 bits per heavy atom. The molecule has 1 unspecified atom stereocenters. The van der Waals surface area contributed by atoms with Crippen LogP contribution in [0.3, 0.4) is 0 Å². The molecule has 0 N–H and O–H groups in total. The van der Waals surface area contributed by atoms with Crippen LogP contribution in [0.5, 0.6) is 0 Å². The van der Waals surface area contributed by atoms with Crippen LogP contribution in [0.4, 0.5) is 0 Å². The summed E-state index contributed by atoms with van der Waals surface area (Å²) in [6, 6.07) is 7.55. The van der Waals surface area contributed by atoms with Crippen molar-refractivity contribution in [1.29, 1.82) is 0 Å². The molecular formula is C16H19ClN2O3S. The van der Waals surface area contributed by atoms with Crippen molar-refractivity contribution < 1.29 is 12.8 Å². The number of hydrogen-bond acceptors (Lipinski definition) is 5. The van der Waals surface area contributed by atoms with Gasteiger partial charge in [-0.05, 0) is 31.5 Å². The highest BCUT2D eigenvalue weighted by Crippen LogP contribution is 2.23. The van der Waals surface area contributed by atoms with Gasteiger partial charge in [-0.1, -0.05) is 17.7 Å². The van der Waals surface area contributed by atoms with Crippen LogP contribution in [-0.4, -0.2) is 42.4 Å². The maximum atomic E-state index is 11.8. The molecule has 2 heterocycles. The number of hydrogen-bond donors (Lipinski definition) is 0. The number of benzene rings is 1. The summed E-state index contributed by atoms with van der Waals surface area (Å²) in [4.78, 5) is 6.64. The SMILES string of the molecule is CC1CCS(=O)(=O)CCN1Cc1coc(-c2cccc(Cl)c2)n1. The maximum absolute atomic E-state index is 11.8. The molecular weight excluding hydrogens is 336 g/mol. The molecule has 0 aliphatic carbocycles. The van der Waals surface area contributed by atoms with Crippen molar-refractivity contribution in [1.82, 2.24) is 9.88 Å². The highest BCUT2D eigenvalue weighted by Gasteiger charge is 2.25. The van der Waals surface area contributed by atoms with Crippen molar-refractivity contribution >= 4 is 21.4 Å². The zero-order valence-electron chi connectivity index (χ0n) is 12.9. The third kappa shape index (κ3) is 4.13. The molecule has 1 aliphatic heterocycles. The molecule has 0 bridgehead atoms. The Morgan fingerprint density at radius 2 is 2.22 bits per heavy atom. The van der Waals surface area contributed by atoms with E-state index >= 15 is 0 Å². The fourth-order valence-electron chi connectivity index (χ4n) is 2.69. The van der Waals surface area contributed by atoms with Gasteiger partial charge in [0.25, 0.3) is 0 Å².